The molecule has 0 radical (unpaired) electrons. The fourth-order valence-electron chi connectivity index (χ4n) is 10.5. The van der Waals surface area contributed by atoms with Crippen LogP contribution in [0.3, 0.4) is 0 Å². The highest BCUT2D eigenvalue weighted by atomic mass is 16.6. The van der Waals surface area contributed by atoms with Crippen LogP contribution in [0.2, 0.25) is 0 Å². The largest absolute Gasteiger partial charge is 0.493 e. The molecular weight excluding hydrogens is 917 g/mol. The van der Waals surface area contributed by atoms with Crippen molar-refractivity contribution in [2.45, 2.75) is 44.2 Å². The molecule has 0 saturated heterocycles. The van der Waals surface area contributed by atoms with Gasteiger partial charge in [0.15, 0.2) is 46.0 Å². The van der Waals surface area contributed by atoms with E-state index in [1.54, 1.807) is 78.2 Å². The second-order valence-corrected chi connectivity index (χ2v) is 17.9. The van der Waals surface area contributed by atoms with Gasteiger partial charge in [0.25, 0.3) is 0 Å². The van der Waals surface area contributed by atoms with Gasteiger partial charge < -0.3 is 70.5 Å². The van der Waals surface area contributed by atoms with E-state index in [9.17, 15) is 9.59 Å². The topological polar surface area (TPSA) is 154 Å². The lowest BCUT2D eigenvalue weighted by Crippen LogP contribution is -2.52. The van der Waals surface area contributed by atoms with Crippen molar-refractivity contribution in [2.24, 2.45) is 0 Å². The van der Waals surface area contributed by atoms with Crippen LogP contribution < -0.4 is 52.1 Å². The number of hydrogen-bond acceptors (Lipinski definition) is 15. The Morgan fingerprint density at radius 1 is 0.493 bits per heavy atom. The summed E-state index contributed by atoms with van der Waals surface area (Å²) in [6, 6.07) is 13.6. The first-order valence-corrected chi connectivity index (χ1v) is 23.6. The summed E-state index contributed by atoms with van der Waals surface area (Å²) in [5.41, 5.74) is 6.15. The van der Waals surface area contributed by atoms with E-state index < -0.39 is 11.9 Å². The van der Waals surface area contributed by atoms with E-state index in [2.05, 4.69) is 14.1 Å². The smallest absolute Gasteiger partial charge is 0.331 e. The summed E-state index contributed by atoms with van der Waals surface area (Å²) in [5.74, 6) is 5.01. The first-order chi connectivity index (χ1) is 34.2. The number of fused-ring (bicyclic) bond motifs is 2. The summed E-state index contributed by atoms with van der Waals surface area (Å²) in [6.45, 7) is 3.16. The number of likely N-dealkylation sites (N-methyl/N-ethyl adjacent to an activating group) is 2. The maximum Gasteiger partial charge on any atom is 0.331 e. The van der Waals surface area contributed by atoms with E-state index in [1.165, 1.54) is 0 Å². The molecule has 2 aliphatic heterocycles. The average Bonchev–Trinajstić information content (AvgIpc) is 3.39. The Morgan fingerprint density at radius 2 is 0.930 bits per heavy atom. The molecule has 4 unspecified atom stereocenters. The number of nitrogens with zero attached hydrogens (tertiary/aromatic N) is 2. The van der Waals surface area contributed by atoms with Crippen LogP contribution in [-0.4, -0.2) is 153 Å². The molecule has 0 N–H and O–H groups in total. The predicted molar refractivity (Wildman–Crippen MR) is 266 cm³/mol. The number of hydrogen-bond donors (Lipinski definition) is 0. The molecular formula is C54H72N2O15+2. The third-order valence-corrected chi connectivity index (χ3v) is 14.0. The molecule has 386 valence electrons. The zero-order valence-corrected chi connectivity index (χ0v) is 43.6. The maximum absolute atomic E-state index is 13.0. The molecule has 0 amide bonds. The molecule has 0 aliphatic carbocycles. The Bertz CT molecular complexity index is 2520. The fourth-order valence-corrected chi connectivity index (χ4v) is 10.5. The van der Waals surface area contributed by atoms with Gasteiger partial charge in [0.1, 0.15) is 12.1 Å². The summed E-state index contributed by atoms with van der Waals surface area (Å²) in [5, 5.41) is 0. The minimum atomic E-state index is -0.635. The number of carbonyl (C=O) groups is 2. The minimum absolute atomic E-state index is 0.121. The maximum atomic E-state index is 13.0. The second-order valence-electron chi connectivity index (χ2n) is 17.9. The Morgan fingerprint density at radius 3 is 1.41 bits per heavy atom. The molecule has 0 spiro atoms. The van der Waals surface area contributed by atoms with Gasteiger partial charge in [-0.25, -0.2) is 9.59 Å². The van der Waals surface area contributed by atoms with Gasteiger partial charge >= 0.3 is 11.9 Å². The number of carbonyl (C=O) groups excluding carboxylic acids is 2. The monoisotopic (exact) mass is 988 g/mol. The number of ether oxygens (including phenoxy) is 13. The molecule has 4 aromatic carbocycles. The third-order valence-electron chi connectivity index (χ3n) is 14.0. The number of methoxy groups -OCH3 is 11. The molecule has 0 bridgehead atoms. The molecule has 0 fully saturated rings. The summed E-state index contributed by atoms with van der Waals surface area (Å²) in [6.07, 6.45) is 5.41. The van der Waals surface area contributed by atoms with E-state index in [0.29, 0.717) is 105 Å². The van der Waals surface area contributed by atoms with Gasteiger partial charge in [-0.3, -0.25) is 0 Å². The van der Waals surface area contributed by atoms with E-state index in [0.717, 1.165) is 71.5 Å². The molecule has 17 heteroatoms. The molecule has 4 atom stereocenters. The van der Waals surface area contributed by atoms with E-state index in [4.69, 9.17) is 61.6 Å². The highest BCUT2D eigenvalue weighted by Crippen LogP contribution is 2.53. The Balaban J connectivity index is 1.10. The second kappa shape index (κ2) is 23.9. The molecule has 2 heterocycles. The Kier molecular flexibility index (Phi) is 18.1. The highest BCUT2D eigenvalue weighted by Gasteiger charge is 2.45. The van der Waals surface area contributed by atoms with Crippen molar-refractivity contribution >= 4 is 11.9 Å². The van der Waals surface area contributed by atoms with Crippen molar-refractivity contribution in [2.75, 3.05) is 132 Å². The average molecular weight is 989 g/mol. The van der Waals surface area contributed by atoms with Gasteiger partial charge in [-0.15, -0.1) is 0 Å². The van der Waals surface area contributed by atoms with Gasteiger partial charge in [-0.1, -0.05) is 0 Å². The first kappa shape index (κ1) is 53.6. The van der Waals surface area contributed by atoms with Gasteiger partial charge in [0.05, 0.1) is 143 Å². The predicted octanol–water partition coefficient (Wildman–Crippen LogP) is 7.28. The SMILES string of the molecule is COc1ccc(C2c3c(cc(OC)c(OC)c3OC)CC[N+]2(C)CCCOC(=O)C=CC(=O)OCCC[N+]2(C)CCc3cc(OC)c(OC)c(OC)c3C2Cc2cc(OC)c(OC)c(OC)c2)cc1OC. The molecule has 6 rings (SSSR count). The van der Waals surface area contributed by atoms with Gasteiger partial charge in [-0.05, 0) is 59.2 Å². The van der Waals surface area contributed by atoms with Crippen LogP contribution in [-0.2, 0) is 38.3 Å². The van der Waals surface area contributed by atoms with Gasteiger partial charge in [-0.2, -0.15) is 0 Å². The summed E-state index contributed by atoms with van der Waals surface area (Å²) in [4.78, 5) is 25.9. The van der Waals surface area contributed by atoms with Gasteiger partial charge in [0, 0.05) is 49.8 Å². The Hall–Kier alpha value is -6.72. The highest BCUT2D eigenvalue weighted by molar-refractivity contribution is 5.91. The quantitative estimate of drug-likeness (QED) is 0.0299. The van der Waals surface area contributed by atoms with Crippen LogP contribution in [0.15, 0.2) is 54.6 Å². The lowest BCUT2D eigenvalue weighted by Gasteiger charge is -2.46. The van der Waals surface area contributed by atoms with Crippen LogP contribution in [0.25, 0.3) is 0 Å². The van der Waals surface area contributed by atoms with Crippen LogP contribution in [0.5, 0.6) is 63.2 Å². The van der Waals surface area contributed by atoms with Crippen LogP contribution in [0.1, 0.15) is 58.3 Å². The molecule has 0 saturated carbocycles. The Labute approximate surface area is 418 Å². The van der Waals surface area contributed by atoms with Crippen molar-refractivity contribution in [3.63, 3.8) is 0 Å². The molecule has 17 nitrogen and oxygen atoms in total. The fraction of sp³-hybridized carbons (Fsp3) is 0.481. The zero-order valence-electron chi connectivity index (χ0n) is 43.6. The summed E-state index contributed by atoms with van der Waals surface area (Å²) < 4.78 is 76.0. The van der Waals surface area contributed by atoms with Gasteiger partial charge in [0.2, 0.25) is 17.2 Å². The zero-order chi connectivity index (χ0) is 51.5. The van der Waals surface area contributed by atoms with Crippen molar-refractivity contribution in [3.05, 3.63) is 88.0 Å². The summed E-state index contributed by atoms with van der Waals surface area (Å²) in [7, 11) is 22.1. The number of esters is 2. The number of quaternary nitrogens is 2. The third kappa shape index (κ3) is 11.3. The van der Waals surface area contributed by atoms with E-state index >= 15 is 0 Å². The normalized spacial score (nSPS) is 19.1. The standard InChI is InChI=1S/C54H72N2O15/c1-55(24-20-35-31-43(63-7)51(66-10)53(68-12)47(35)38(55)28-34-29-41(61-5)50(65-9)42(30-34)62-6)22-14-26-70-45(57)18-19-46(58)71-27-15-23-56(2)25-21-36-32-44(64-8)52(67-11)54(69-13)48(36)49(56)37-16-17-39(59-3)40(33-37)60-4/h16-19,29-33,38,49H,14-15,20-28H2,1-13H3/q+2. The number of rotatable bonds is 24. The first-order valence-electron chi connectivity index (χ1n) is 23.6. The lowest BCUT2D eigenvalue weighted by molar-refractivity contribution is -0.941. The lowest BCUT2D eigenvalue weighted by atomic mass is 9.84. The molecule has 0 aromatic heterocycles. The van der Waals surface area contributed by atoms with Crippen LogP contribution in [0.4, 0.5) is 0 Å². The number of benzene rings is 4. The van der Waals surface area contributed by atoms with Crippen molar-refractivity contribution < 1.29 is 80.1 Å². The van der Waals surface area contributed by atoms with Crippen molar-refractivity contribution in [1.82, 2.24) is 0 Å². The van der Waals surface area contributed by atoms with E-state index in [-0.39, 0.29) is 25.3 Å². The van der Waals surface area contributed by atoms with E-state index in [1.807, 2.05) is 42.5 Å². The molecule has 71 heavy (non-hydrogen) atoms. The van der Waals surface area contributed by atoms with Crippen LogP contribution >= 0.6 is 0 Å². The van der Waals surface area contributed by atoms with Crippen LogP contribution in [0, 0.1) is 0 Å². The molecule has 4 aromatic rings. The van der Waals surface area contributed by atoms with Crippen molar-refractivity contribution in [1.29, 1.82) is 0 Å². The minimum Gasteiger partial charge on any atom is -0.493 e. The molecule has 2 aliphatic rings. The summed E-state index contributed by atoms with van der Waals surface area (Å²) >= 11 is 0. The van der Waals surface area contributed by atoms with Crippen molar-refractivity contribution in [3.8, 4) is 63.2 Å².